The third kappa shape index (κ3) is 2.88. The monoisotopic (exact) mass is 195 g/mol. The lowest BCUT2D eigenvalue weighted by Gasteiger charge is -2.18. The molecule has 1 unspecified atom stereocenters. The van der Waals surface area contributed by atoms with Gasteiger partial charge in [0.1, 0.15) is 0 Å². The van der Waals surface area contributed by atoms with Crippen LogP contribution in [0.5, 0.6) is 0 Å². The summed E-state index contributed by atoms with van der Waals surface area (Å²) in [5.74, 6) is -0.0889. The highest BCUT2D eigenvalue weighted by molar-refractivity contribution is 5.80. The molecule has 0 aliphatic carbocycles. The van der Waals surface area contributed by atoms with Crippen LogP contribution in [0.1, 0.15) is 19.5 Å². The van der Waals surface area contributed by atoms with Crippen molar-refractivity contribution in [2.75, 3.05) is 0 Å². The number of nitrogens with one attached hydrogen (secondary N) is 2. The molecule has 0 radical (unpaired) electrons. The fraction of sp³-hybridized carbons (Fsp3) is 0.500. The van der Waals surface area contributed by atoms with E-state index in [1.165, 1.54) is 0 Å². The summed E-state index contributed by atoms with van der Waals surface area (Å²) in [6, 6.07) is 3.62. The number of nitrogens with two attached hydrogens (primary N) is 1. The average molecular weight is 195 g/mol. The quantitative estimate of drug-likeness (QED) is 0.644. The molecule has 0 spiro atoms. The van der Waals surface area contributed by atoms with Crippen molar-refractivity contribution >= 4 is 5.91 Å². The summed E-state index contributed by atoms with van der Waals surface area (Å²) >= 11 is 0. The topological polar surface area (TPSA) is 70.9 Å². The molecule has 0 aliphatic heterocycles. The summed E-state index contributed by atoms with van der Waals surface area (Å²) in [5, 5.41) is 3.12. The van der Waals surface area contributed by atoms with Crippen LogP contribution in [-0.2, 0) is 11.3 Å². The fourth-order valence-electron chi connectivity index (χ4n) is 1.36. The number of aromatic amines is 1. The van der Waals surface area contributed by atoms with Crippen molar-refractivity contribution < 1.29 is 4.79 Å². The summed E-state index contributed by atoms with van der Waals surface area (Å²) in [6.45, 7) is 4.58. The number of carbonyl (C=O) groups excluding carboxylic acids is 1. The van der Waals surface area contributed by atoms with Gasteiger partial charge in [0.05, 0.1) is 6.04 Å². The van der Waals surface area contributed by atoms with Gasteiger partial charge in [0.2, 0.25) is 5.91 Å². The lowest BCUT2D eigenvalue weighted by atomic mass is 10.0. The Kier molecular flexibility index (Phi) is 3.71. The van der Waals surface area contributed by atoms with E-state index in [0.29, 0.717) is 6.54 Å². The Labute approximate surface area is 83.9 Å². The summed E-state index contributed by atoms with van der Waals surface area (Å²) in [4.78, 5) is 14.1. The molecule has 14 heavy (non-hydrogen) atoms. The Morgan fingerprint density at radius 2 is 2.36 bits per heavy atom. The number of H-pyrrole nitrogens is 1. The van der Waals surface area contributed by atoms with Crippen molar-refractivity contribution in [1.82, 2.24) is 10.3 Å². The molecule has 0 saturated heterocycles. The Balaban J connectivity index is 2.45. The first kappa shape index (κ1) is 10.8. The second-order valence-electron chi connectivity index (χ2n) is 3.70. The Bertz CT molecular complexity index is 280. The fourth-order valence-corrected chi connectivity index (χ4v) is 1.36. The van der Waals surface area contributed by atoms with Gasteiger partial charge < -0.3 is 16.0 Å². The summed E-state index contributed by atoms with van der Waals surface area (Å²) < 4.78 is 0. The van der Waals surface area contributed by atoms with Crippen LogP contribution in [0, 0.1) is 5.92 Å². The molecule has 1 atom stereocenters. The Morgan fingerprint density at radius 1 is 1.64 bits per heavy atom. The van der Waals surface area contributed by atoms with Crippen LogP contribution >= 0.6 is 0 Å². The van der Waals surface area contributed by atoms with Crippen molar-refractivity contribution in [1.29, 1.82) is 0 Å². The third-order valence-electron chi connectivity index (χ3n) is 2.15. The normalized spacial score (nSPS) is 13.1. The molecule has 0 aliphatic rings. The van der Waals surface area contributed by atoms with Gasteiger partial charge in [0.25, 0.3) is 0 Å². The van der Waals surface area contributed by atoms with Crippen LogP contribution in [0.3, 0.4) is 0 Å². The number of hydrogen-bond acceptors (Lipinski definition) is 2. The van der Waals surface area contributed by atoms with Crippen molar-refractivity contribution in [2.24, 2.45) is 11.7 Å². The maximum Gasteiger partial charge on any atom is 0.234 e. The molecule has 0 aromatic carbocycles. The molecular weight excluding hydrogens is 178 g/mol. The molecule has 4 heteroatoms. The van der Waals surface area contributed by atoms with E-state index in [9.17, 15) is 4.79 Å². The van der Waals surface area contributed by atoms with E-state index in [1.807, 2.05) is 32.2 Å². The maximum atomic E-state index is 11.0. The van der Waals surface area contributed by atoms with Crippen molar-refractivity contribution in [3.63, 3.8) is 0 Å². The van der Waals surface area contributed by atoms with E-state index in [0.717, 1.165) is 5.69 Å². The van der Waals surface area contributed by atoms with Gasteiger partial charge in [0.15, 0.2) is 0 Å². The van der Waals surface area contributed by atoms with E-state index >= 15 is 0 Å². The summed E-state index contributed by atoms with van der Waals surface area (Å²) in [5.41, 5.74) is 6.32. The van der Waals surface area contributed by atoms with Gasteiger partial charge in [-0.3, -0.25) is 4.79 Å². The van der Waals surface area contributed by atoms with E-state index in [4.69, 9.17) is 5.73 Å². The van der Waals surface area contributed by atoms with E-state index in [1.54, 1.807) is 0 Å². The van der Waals surface area contributed by atoms with Crippen molar-refractivity contribution in [2.45, 2.75) is 26.4 Å². The standard InChI is InChI=1S/C10H17N3O/c1-7(2)9(10(11)14)13-6-8-4-3-5-12-8/h3-5,7,9,12-13H,6H2,1-2H3,(H2,11,14). The van der Waals surface area contributed by atoms with Crippen LogP contribution in [-0.4, -0.2) is 16.9 Å². The first-order valence-electron chi connectivity index (χ1n) is 4.76. The third-order valence-corrected chi connectivity index (χ3v) is 2.15. The number of hydrogen-bond donors (Lipinski definition) is 3. The number of primary amides is 1. The molecule has 4 nitrogen and oxygen atoms in total. The molecule has 4 N–H and O–H groups in total. The predicted molar refractivity (Wildman–Crippen MR) is 55.5 cm³/mol. The zero-order chi connectivity index (χ0) is 10.6. The summed E-state index contributed by atoms with van der Waals surface area (Å²) in [6.07, 6.45) is 1.85. The molecule has 0 bridgehead atoms. The lowest BCUT2D eigenvalue weighted by molar-refractivity contribution is -0.121. The highest BCUT2D eigenvalue weighted by Gasteiger charge is 2.18. The van der Waals surface area contributed by atoms with Crippen molar-refractivity contribution in [3.8, 4) is 0 Å². The maximum absolute atomic E-state index is 11.0. The van der Waals surface area contributed by atoms with Gasteiger partial charge >= 0.3 is 0 Å². The minimum absolute atomic E-state index is 0.211. The SMILES string of the molecule is CC(C)C(NCc1ccc[nH]1)C(N)=O. The van der Waals surface area contributed by atoms with Gasteiger partial charge in [-0.15, -0.1) is 0 Å². The number of rotatable bonds is 5. The second-order valence-corrected chi connectivity index (χ2v) is 3.70. The number of amides is 1. The smallest absolute Gasteiger partial charge is 0.234 e. The zero-order valence-electron chi connectivity index (χ0n) is 8.58. The molecule has 1 amide bonds. The highest BCUT2D eigenvalue weighted by atomic mass is 16.1. The van der Waals surface area contributed by atoms with Gasteiger partial charge in [-0.25, -0.2) is 0 Å². The Hall–Kier alpha value is -1.29. The molecule has 78 valence electrons. The minimum atomic E-state index is -0.299. The molecule has 1 aromatic heterocycles. The zero-order valence-corrected chi connectivity index (χ0v) is 8.58. The van der Waals surface area contributed by atoms with Gasteiger partial charge in [-0.05, 0) is 18.1 Å². The predicted octanol–water partition coefficient (Wildman–Crippen LogP) is 0.614. The molecule has 1 rings (SSSR count). The first-order valence-corrected chi connectivity index (χ1v) is 4.76. The molecule has 1 aromatic rings. The van der Waals surface area contributed by atoms with Gasteiger partial charge in [-0.1, -0.05) is 13.8 Å². The first-order chi connectivity index (χ1) is 6.61. The van der Waals surface area contributed by atoms with Crippen LogP contribution in [0.2, 0.25) is 0 Å². The molecule has 0 fully saturated rings. The second kappa shape index (κ2) is 4.81. The van der Waals surface area contributed by atoms with E-state index in [-0.39, 0.29) is 17.9 Å². The van der Waals surface area contributed by atoms with E-state index in [2.05, 4.69) is 10.3 Å². The highest BCUT2D eigenvalue weighted by Crippen LogP contribution is 2.02. The Morgan fingerprint density at radius 3 is 2.79 bits per heavy atom. The molecule has 1 heterocycles. The van der Waals surface area contributed by atoms with Crippen molar-refractivity contribution in [3.05, 3.63) is 24.0 Å². The van der Waals surface area contributed by atoms with Crippen LogP contribution in [0.25, 0.3) is 0 Å². The average Bonchev–Trinajstić information content (AvgIpc) is 2.55. The van der Waals surface area contributed by atoms with Crippen LogP contribution in [0.15, 0.2) is 18.3 Å². The number of carbonyl (C=O) groups is 1. The summed E-state index contributed by atoms with van der Waals surface area (Å²) in [7, 11) is 0. The van der Waals surface area contributed by atoms with Crippen LogP contribution in [0.4, 0.5) is 0 Å². The van der Waals surface area contributed by atoms with Crippen LogP contribution < -0.4 is 11.1 Å². The minimum Gasteiger partial charge on any atom is -0.368 e. The molecular formula is C10H17N3O. The molecule has 0 saturated carbocycles. The largest absolute Gasteiger partial charge is 0.368 e. The number of aromatic nitrogens is 1. The lowest BCUT2D eigenvalue weighted by Crippen LogP contribution is -2.44. The van der Waals surface area contributed by atoms with Gasteiger partial charge in [-0.2, -0.15) is 0 Å². The van der Waals surface area contributed by atoms with Gasteiger partial charge in [0, 0.05) is 18.4 Å². The van der Waals surface area contributed by atoms with E-state index < -0.39 is 0 Å².